The van der Waals surface area contributed by atoms with E-state index in [0.717, 1.165) is 31.4 Å². The van der Waals surface area contributed by atoms with Crippen LogP contribution in [0.3, 0.4) is 0 Å². The van der Waals surface area contributed by atoms with Gasteiger partial charge in [-0.2, -0.15) is 0 Å². The molecule has 2 aromatic rings. The lowest BCUT2D eigenvalue weighted by Gasteiger charge is -2.25. The number of nitrogens with zero attached hydrogens (tertiary/aromatic N) is 1. The van der Waals surface area contributed by atoms with Crippen molar-refractivity contribution < 1.29 is 19.0 Å². The molecule has 1 saturated heterocycles. The van der Waals surface area contributed by atoms with Crippen LogP contribution in [-0.4, -0.2) is 44.8 Å². The van der Waals surface area contributed by atoms with Crippen molar-refractivity contribution in [2.45, 2.75) is 31.8 Å². The number of rotatable bonds is 7. The number of carbonyl (C=O) groups excluding carboxylic acids is 1. The van der Waals surface area contributed by atoms with E-state index in [1.165, 1.54) is 5.56 Å². The summed E-state index contributed by atoms with van der Waals surface area (Å²) >= 11 is 0. The molecule has 1 aliphatic rings. The van der Waals surface area contributed by atoms with Crippen LogP contribution in [0.2, 0.25) is 0 Å². The zero-order valence-corrected chi connectivity index (χ0v) is 16.7. The molecule has 2 amide bonds. The lowest BCUT2D eigenvalue weighted by molar-refractivity contribution is 0.192. The van der Waals surface area contributed by atoms with Gasteiger partial charge in [0.2, 0.25) is 5.75 Å². The van der Waals surface area contributed by atoms with Crippen LogP contribution in [-0.2, 0) is 13.0 Å². The maximum absolute atomic E-state index is 12.8. The fourth-order valence-electron chi connectivity index (χ4n) is 3.72. The molecule has 0 aromatic heterocycles. The number of carbonyl (C=O) groups is 1. The first-order valence-electron chi connectivity index (χ1n) is 9.53. The molecule has 1 N–H and O–H groups in total. The maximum Gasteiger partial charge on any atom is 0.317 e. The molecule has 0 radical (unpaired) electrons. The normalized spacial score (nSPS) is 16.0. The molecule has 0 spiro atoms. The Bertz CT molecular complexity index is 769. The highest BCUT2D eigenvalue weighted by molar-refractivity contribution is 5.75. The summed E-state index contributed by atoms with van der Waals surface area (Å²) in [7, 11) is 4.73. The second kappa shape index (κ2) is 9.35. The van der Waals surface area contributed by atoms with Crippen molar-refractivity contribution in [2.24, 2.45) is 0 Å². The van der Waals surface area contributed by atoms with E-state index in [9.17, 15) is 4.79 Å². The molecule has 0 bridgehead atoms. The third kappa shape index (κ3) is 4.50. The number of benzene rings is 2. The highest BCUT2D eigenvalue weighted by atomic mass is 16.5. The van der Waals surface area contributed by atoms with Gasteiger partial charge in [0.1, 0.15) is 0 Å². The Hall–Kier alpha value is -2.89. The number of nitrogens with one attached hydrogen (secondary N) is 1. The summed E-state index contributed by atoms with van der Waals surface area (Å²) < 4.78 is 16.1. The Kier molecular flexibility index (Phi) is 6.63. The first kappa shape index (κ1) is 19.9. The number of hydrogen-bond acceptors (Lipinski definition) is 4. The average molecular weight is 384 g/mol. The van der Waals surface area contributed by atoms with Crippen molar-refractivity contribution in [3.63, 3.8) is 0 Å². The van der Waals surface area contributed by atoms with Gasteiger partial charge in [0.15, 0.2) is 11.5 Å². The largest absolute Gasteiger partial charge is 0.493 e. The first-order valence-corrected chi connectivity index (χ1v) is 9.53. The summed E-state index contributed by atoms with van der Waals surface area (Å²) in [5.41, 5.74) is 2.15. The molecule has 1 fully saturated rings. The Morgan fingerprint density at radius 3 is 2.32 bits per heavy atom. The fraction of sp³-hybridized carbons (Fsp3) is 0.409. The molecule has 1 heterocycles. The highest BCUT2D eigenvalue weighted by Gasteiger charge is 2.28. The van der Waals surface area contributed by atoms with Crippen LogP contribution in [0.25, 0.3) is 0 Å². The maximum atomic E-state index is 12.8. The van der Waals surface area contributed by atoms with Crippen LogP contribution >= 0.6 is 0 Å². The molecule has 28 heavy (non-hydrogen) atoms. The van der Waals surface area contributed by atoms with Crippen LogP contribution in [0.15, 0.2) is 42.5 Å². The molecule has 6 nitrogen and oxygen atoms in total. The van der Waals surface area contributed by atoms with Gasteiger partial charge in [-0.15, -0.1) is 0 Å². The number of ether oxygens (including phenoxy) is 3. The van der Waals surface area contributed by atoms with E-state index in [2.05, 4.69) is 17.4 Å². The van der Waals surface area contributed by atoms with Gasteiger partial charge in [-0.25, -0.2) is 4.79 Å². The molecule has 1 unspecified atom stereocenters. The second-order valence-corrected chi connectivity index (χ2v) is 6.87. The molecule has 0 aliphatic carbocycles. The Balaban J connectivity index is 1.64. The van der Waals surface area contributed by atoms with Crippen molar-refractivity contribution >= 4 is 6.03 Å². The van der Waals surface area contributed by atoms with Crippen molar-refractivity contribution in [3.05, 3.63) is 53.6 Å². The van der Waals surface area contributed by atoms with Gasteiger partial charge in [-0.05, 0) is 42.5 Å². The lowest BCUT2D eigenvalue weighted by Crippen LogP contribution is -2.43. The van der Waals surface area contributed by atoms with Crippen LogP contribution in [0.5, 0.6) is 17.2 Å². The predicted octanol–water partition coefficient (Wildman–Crippen LogP) is 3.63. The van der Waals surface area contributed by atoms with Gasteiger partial charge >= 0.3 is 6.03 Å². The molecule has 1 atom stereocenters. The van der Waals surface area contributed by atoms with E-state index in [1.807, 2.05) is 35.2 Å². The van der Waals surface area contributed by atoms with Crippen molar-refractivity contribution in [3.8, 4) is 17.2 Å². The van der Waals surface area contributed by atoms with E-state index >= 15 is 0 Å². The summed E-state index contributed by atoms with van der Waals surface area (Å²) in [6, 6.07) is 14.2. The quantitative estimate of drug-likeness (QED) is 0.792. The van der Waals surface area contributed by atoms with Gasteiger partial charge < -0.3 is 24.4 Å². The van der Waals surface area contributed by atoms with Gasteiger partial charge in [-0.1, -0.05) is 30.3 Å². The van der Waals surface area contributed by atoms with Crippen LogP contribution in [0.1, 0.15) is 24.0 Å². The number of methoxy groups -OCH3 is 3. The first-order chi connectivity index (χ1) is 13.7. The standard InChI is InChI=1S/C22H28N2O4/c1-26-19-13-17(14-20(27-2)21(19)28-3)15-23-22(25)24-11-7-10-18(24)12-16-8-5-4-6-9-16/h4-6,8-9,13-14,18H,7,10-12,15H2,1-3H3,(H,23,25). The summed E-state index contributed by atoms with van der Waals surface area (Å²) in [5, 5.41) is 3.03. The van der Waals surface area contributed by atoms with Crippen LogP contribution in [0, 0.1) is 0 Å². The molecular formula is C22H28N2O4. The van der Waals surface area contributed by atoms with Crippen LogP contribution < -0.4 is 19.5 Å². The van der Waals surface area contributed by atoms with E-state index in [-0.39, 0.29) is 12.1 Å². The highest BCUT2D eigenvalue weighted by Crippen LogP contribution is 2.38. The average Bonchev–Trinajstić information content (AvgIpc) is 3.20. The zero-order chi connectivity index (χ0) is 19.9. The van der Waals surface area contributed by atoms with E-state index in [4.69, 9.17) is 14.2 Å². The molecule has 2 aromatic carbocycles. The second-order valence-electron chi connectivity index (χ2n) is 6.87. The molecule has 150 valence electrons. The third-order valence-corrected chi connectivity index (χ3v) is 5.12. The summed E-state index contributed by atoms with van der Waals surface area (Å²) in [6.45, 7) is 1.18. The Morgan fingerprint density at radius 1 is 1.04 bits per heavy atom. The number of urea groups is 1. The lowest BCUT2D eigenvalue weighted by atomic mass is 10.0. The van der Waals surface area contributed by atoms with Gasteiger partial charge in [0.25, 0.3) is 0 Å². The van der Waals surface area contributed by atoms with E-state index < -0.39 is 0 Å². The van der Waals surface area contributed by atoms with Gasteiger partial charge in [-0.3, -0.25) is 0 Å². The summed E-state index contributed by atoms with van der Waals surface area (Å²) in [6.07, 6.45) is 2.96. The topological polar surface area (TPSA) is 60.0 Å². The monoisotopic (exact) mass is 384 g/mol. The van der Waals surface area contributed by atoms with Gasteiger partial charge in [0.05, 0.1) is 21.3 Å². The van der Waals surface area contributed by atoms with E-state index in [0.29, 0.717) is 23.8 Å². The zero-order valence-electron chi connectivity index (χ0n) is 16.7. The molecule has 3 rings (SSSR count). The number of amides is 2. The Labute approximate surface area is 166 Å². The fourth-order valence-corrected chi connectivity index (χ4v) is 3.72. The molecule has 1 aliphatic heterocycles. The van der Waals surface area contributed by atoms with E-state index in [1.54, 1.807) is 21.3 Å². The minimum Gasteiger partial charge on any atom is -0.493 e. The molecule has 0 saturated carbocycles. The smallest absolute Gasteiger partial charge is 0.317 e. The Morgan fingerprint density at radius 2 is 1.71 bits per heavy atom. The molecular weight excluding hydrogens is 356 g/mol. The number of hydrogen-bond donors (Lipinski definition) is 1. The third-order valence-electron chi connectivity index (χ3n) is 5.12. The van der Waals surface area contributed by atoms with Gasteiger partial charge in [0, 0.05) is 19.1 Å². The van der Waals surface area contributed by atoms with Crippen LogP contribution in [0.4, 0.5) is 4.79 Å². The van der Waals surface area contributed by atoms with Crippen molar-refractivity contribution in [1.82, 2.24) is 10.2 Å². The summed E-state index contributed by atoms with van der Waals surface area (Å²) in [5.74, 6) is 1.70. The van der Waals surface area contributed by atoms with Crippen molar-refractivity contribution in [1.29, 1.82) is 0 Å². The SMILES string of the molecule is COc1cc(CNC(=O)N2CCCC2Cc2ccccc2)cc(OC)c1OC. The summed E-state index contributed by atoms with van der Waals surface area (Å²) in [4.78, 5) is 14.7. The van der Waals surface area contributed by atoms with Crippen molar-refractivity contribution in [2.75, 3.05) is 27.9 Å². The minimum absolute atomic E-state index is 0.0350. The minimum atomic E-state index is -0.0350. The number of likely N-dealkylation sites (tertiary alicyclic amines) is 1. The predicted molar refractivity (Wildman–Crippen MR) is 108 cm³/mol. The molecule has 6 heteroatoms.